The fraction of sp³-hybridized carbons (Fsp3) is 0.333. The zero-order valence-electron chi connectivity index (χ0n) is 9.91. The summed E-state index contributed by atoms with van der Waals surface area (Å²) in [6.07, 6.45) is 1.66. The Morgan fingerprint density at radius 1 is 1.17 bits per heavy atom. The van der Waals surface area contributed by atoms with Crippen molar-refractivity contribution in [1.82, 2.24) is 15.5 Å². The Morgan fingerprint density at radius 2 is 1.94 bits per heavy atom. The van der Waals surface area contributed by atoms with Crippen LogP contribution in [0.5, 0.6) is 0 Å². The summed E-state index contributed by atoms with van der Waals surface area (Å²) in [5, 5.41) is 14.6. The molecular weight excluding hydrogens is 289 g/mol. The predicted octanol–water partition coefficient (Wildman–Crippen LogP) is 3.20. The van der Waals surface area contributed by atoms with E-state index in [-0.39, 0.29) is 0 Å². The van der Waals surface area contributed by atoms with Crippen LogP contribution in [0.15, 0.2) is 18.2 Å². The van der Waals surface area contributed by atoms with Crippen molar-refractivity contribution in [3.8, 4) is 0 Å². The van der Waals surface area contributed by atoms with Crippen LogP contribution in [0, 0.1) is 0 Å². The average Bonchev–Trinajstić information content (AvgIpc) is 2.79. The van der Waals surface area contributed by atoms with Crippen molar-refractivity contribution in [2.75, 3.05) is 13.6 Å². The Kier molecular flexibility index (Phi) is 4.95. The Balaban J connectivity index is 2.04. The summed E-state index contributed by atoms with van der Waals surface area (Å²) in [5.41, 5.74) is 1.10. The van der Waals surface area contributed by atoms with Crippen molar-refractivity contribution in [1.29, 1.82) is 0 Å². The molecule has 2 rings (SSSR count). The number of benzene rings is 1. The van der Waals surface area contributed by atoms with Crippen LogP contribution in [0.25, 0.3) is 0 Å². The molecule has 18 heavy (non-hydrogen) atoms. The zero-order valence-corrected chi connectivity index (χ0v) is 12.2. The molecule has 0 aliphatic heterocycles. The molecule has 3 nitrogen and oxygen atoms in total. The predicted molar refractivity (Wildman–Crippen MR) is 76.8 cm³/mol. The van der Waals surface area contributed by atoms with Crippen LogP contribution in [0.4, 0.5) is 0 Å². The van der Waals surface area contributed by atoms with E-state index in [2.05, 4.69) is 15.5 Å². The number of rotatable bonds is 5. The fourth-order valence-electron chi connectivity index (χ4n) is 1.52. The molecule has 6 heteroatoms. The van der Waals surface area contributed by atoms with Gasteiger partial charge in [-0.2, -0.15) is 0 Å². The monoisotopic (exact) mass is 301 g/mol. The van der Waals surface area contributed by atoms with E-state index in [1.54, 1.807) is 11.3 Å². The van der Waals surface area contributed by atoms with Gasteiger partial charge in [-0.15, -0.1) is 21.5 Å². The normalized spacial score (nSPS) is 10.8. The minimum absolute atomic E-state index is 0.576. The van der Waals surface area contributed by atoms with Crippen LogP contribution in [0.1, 0.15) is 15.6 Å². The largest absolute Gasteiger partial charge is 0.319 e. The highest BCUT2D eigenvalue weighted by Crippen LogP contribution is 2.24. The number of aromatic nitrogens is 2. The summed E-state index contributed by atoms with van der Waals surface area (Å²) < 4.78 is 0. The maximum Gasteiger partial charge on any atom is 0.121 e. The van der Waals surface area contributed by atoms with Crippen LogP contribution in [0.2, 0.25) is 10.0 Å². The summed E-state index contributed by atoms with van der Waals surface area (Å²) in [6.45, 7) is 0.918. The van der Waals surface area contributed by atoms with E-state index in [1.165, 1.54) is 0 Å². The van der Waals surface area contributed by atoms with Gasteiger partial charge in [0.1, 0.15) is 10.0 Å². The quantitative estimate of drug-likeness (QED) is 0.921. The maximum absolute atomic E-state index is 5.98. The topological polar surface area (TPSA) is 37.8 Å². The van der Waals surface area contributed by atoms with Gasteiger partial charge in [-0.3, -0.25) is 0 Å². The summed E-state index contributed by atoms with van der Waals surface area (Å²) in [6, 6.07) is 5.64. The molecule has 2 aromatic rings. The van der Waals surface area contributed by atoms with Gasteiger partial charge in [-0.25, -0.2) is 0 Å². The number of likely N-dealkylation sites (N-methyl/N-ethyl adjacent to an activating group) is 1. The molecule has 1 heterocycles. The second-order valence-electron chi connectivity index (χ2n) is 3.87. The molecule has 96 valence electrons. The van der Waals surface area contributed by atoms with Gasteiger partial charge in [-0.05, 0) is 24.7 Å². The average molecular weight is 302 g/mol. The van der Waals surface area contributed by atoms with E-state index in [4.69, 9.17) is 23.2 Å². The molecule has 0 aliphatic carbocycles. The third kappa shape index (κ3) is 3.65. The third-order valence-corrected chi connectivity index (χ3v) is 4.16. The number of halogens is 2. The minimum atomic E-state index is 0.576. The van der Waals surface area contributed by atoms with Crippen LogP contribution in [0.3, 0.4) is 0 Å². The van der Waals surface area contributed by atoms with Gasteiger partial charge in [0.2, 0.25) is 0 Å². The lowest BCUT2D eigenvalue weighted by atomic mass is 10.2. The van der Waals surface area contributed by atoms with Gasteiger partial charge in [0.05, 0.1) is 10.0 Å². The summed E-state index contributed by atoms with van der Waals surface area (Å²) >= 11 is 13.5. The van der Waals surface area contributed by atoms with E-state index in [9.17, 15) is 0 Å². The summed E-state index contributed by atoms with van der Waals surface area (Å²) in [4.78, 5) is 0. The van der Waals surface area contributed by atoms with E-state index in [0.29, 0.717) is 10.0 Å². The number of nitrogens with one attached hydrogen (secondary N) is 1. The molecule has 0 radical (unpaired) electrons. The molecule has 0 fully saturated rings. The molecule has 1 N–H and O–H groups in total. The second kappa shape index (κ2) is 6.48. The zero-order chi connectivity index (χ0) is 13.0. The van der Waals surface area contributed by atoms with E-state index in [1.807, 2.05) is 25.2 Å². The fourth-order valence-corrected chi connectivity index (χ4v) is 2.72. The van der Waals surface area contributed by atoms with E-state index < -0.39 is 0 Å². The van der Waals surface area contributed by atoms with Gasteiger partial charge < -0.3 is 5.32 Å². The molecule has 0 bridgehead atoms. The lowest BCUT2D eigenvalue weighted by Gasteiger charge is -2.00. The first-order valence-electron chi connectivity index (χ1n) is 5.59. The standard InChI is InChI=1S/C12H13Cl2N3S/c1-15-5-4-11-16-17-12(18-11)7-8-2-3-9(13)10(14)6-8/h2-3,6,15H,4-5,7H2,1H3. The maximum atomic E-state index is 5.98. The molecular formula is C12H13Cl2N3S. The van der Waals surface area contributed by atoms with Crippen molar-refractivity contribution in [3.63, 3.8) is 0 Å². The lowest BCUT2D eigenvalue weighted by molar-refractivity contribution is 0.777. The first-order chi connectivity index (χ1) is 8.69. The molecule has 0 saturated heterocycles. The summed E-state index contributed by atoms with van der Waals surface area (Å²) in [7, 11) is 1.93. The van der Waals surface area contributed by atoms with Crippen molar-refractivity contribution in [2.24, 2.45) is 0 Å². The number of hydrogen-bond donors (Lipinski definition) is 1. The molecule has 1 aromatic carbocycles. The smallest absolute Gasteiger partial charge is 0.121 e. The van der Waals surface area contributed by atoms with Crippen LogP contribution < -0.4 is 5.32 Å². The number of nitrogens with zero attached hydrogens (tertiary/aromatic N) is 2. The molecule has 0 unspecified atom stereocenters. The highest BCUT2D eigenvalue weighted by molar-refractivity contribution is 7.11. The Bertz CT molecular complexity index is 528. The highest BCUT2D eigenvalue weighted by Gasteiger charge is 2.06. The van der Waals surface area contributed by atoms with E-state index >= 15 is 0 Å². The molecule has 0 atom stereocenters. The van der Waals surface area contributed by atoms with Gasteiger partial charge in [-0.1, -0.05) is 29.3 Å². The van der Waals surface area contributed by atoms with Crippen LogP contribution >= 0.6 is 34.5 Å². The molecule has 0 saturated carbocycles. The summed E-state index contributed by atoms with van der Waals surface area (Å²) in [5.74, 6) is 0. The SMILES string of the molecule is CNCCc1nnc(Cc2ccc(Cl)c(Cl)c2)s1. The molecule has 0 amide bonds. The van der Waals surface area contributed by atoms with Crippen molar-refractivity contribution >= 4 is 34.5 Å². The van der Waals surface area contributed by atoms with Crippen LogP contribution in [-0.4, -0.2) is 23.8 Å². The Hall–Kier alpha value is -0.680. The molecule has 0 aliphatic rings. The van der Waals surface area contributed by atoms with Gasteiger partial charge in [0.25, 0.3) is 0 Å². The second-order valence-corrected chi connectivity index (χ2v) is 5.83. The van der Waals surface area contributed by atoms with Crippen LogP contribution in [-0.2, 0) is 12.8 Å². The number of hydrogen-bond acceptors (Lipinski definition) is 4. The lowest BCUT2D eigenvalue weighted by Crippen LogP contribution is -2.09. The van der Waals surface area contributed by atoms with Gasteiger partial charge in [0.15, 0.2) is 0 Å². The Morgan fingerprint density at radius 3 is 2.67 bits per heavy atom. The van der Waals surface area contributed by atoms with Crippen molar-refractivity contribution in [3.05, 3.63) is 43.8 Å². The Labute approximate surface area is 120 Å². The highest BCUT2D eigenvalue weighted by atomic mass is 35.5. The first-order valence-corrected chi connectivity index (χ1v) is 7.16. The third-order valence-electron chi connectivity index (χ3n) is 2.44. The van der Waals surface area contributed by atoms with E-state index in [0.717, 1.165) is 35.0 Å². The molecule has 1 aromatic heterocycles. The molecule has 0 spiro atoms. The van der Waals surface area contributed by atoms with Gasteiger partial charge >= 0.3 is 0 Å². The first kappa shape index (κ1) is 13.7. The van der Waals surface area contributed by atoms with Gasteiger partial charge in [0, 0.05) is 19.4 Å². The van der Waals surface area contributed by atoms with Crippen molar-refractivity contribution in [2.45, 2.75) is 12.8 Å². The van der Waals surface area contributed by atoms with Crippen molar-refractivity contribution < 1.29 is 0 Å². The minimum Gasteiger partial charge on any atom is -0.319 e.